The molecule has 1 N–H and O–H groups in total. The first-order valence-corrected chi connectivity index (χ1v) is 10.6. The highest BCUT2D eigenvalue weighted by molar-refractivity contribution is 7.07. The van der Waals surface area contributed by atoms with Crippen molar-refractivity contribution in [3.05, 3.63) is 54.9 Å². The van der Waals surface area contributed by atoms with Crippen LogP contribution in [0.2, 0.25) is 0 Å². The van der Waals surface area contributed by atoms with Crippen LogP contribution in [0.5, 0.6) is 0 Å². The molecule has 0 spiro atoms. The largest absolute Gasteiger partial charge is 0.416 e. The van der Waals surface area contributed by atoms with Gasteiger partial charge in [-0.2, -0.15) is 13.2 Å². The fourth-order valence-electron chi connectivity index (χ4n) is 2.54. The number of hydrogen-bond donors (Lipinski definition) is 1. The molecule has 0 radical (unpaired) electrons. The van der Waals surface area contributed by atoms with Gasteiger partial charge in [0.1, 0.15) is 11.2 Å². The summed E-state index contributed by atoms with van der Waals surface area (Å²) in [6, 6.07) is 4.61. The molecule has 0 aliphatic rings. The van der Waals surface area contributed by atoms with E-state index in [0.29, 0.717) is 6.54 Å². The van der Waals surface area contributed by atoms with Crippen LogP contribution in [0, 0.1) is 5.41 Å². The van der Waals surface area contributed by atoms with Crippen LogP contribution in [-0.2, 0) is 22.3 Å². The third-order valence-electron chi connectivity index (χ3n) is 4.32. The minimum atomic E-state index is -4.51. The first-order chi connectivity index (χ1) is 14.3. The molecule has 0 atom stereocenters. The quantitative estimate of drug-likeness (QED) is 0.730. The molecular weight excluding hydrogens is 429 g/mol. The molecule has 0 fully saturated rings. The van der Waals surface area contributed by atoms with Crippen LogP contribution in [-0.4, -0.2) is 22.8 Å². The Balaban J connectivity index is 2.62. The zero-order chi connectivity index (χ0) is 23.4. The molecule has 31 heavy (non-hydrogen) atoms. The number of halogens is 3. The van der Waals surface area contributed by atoms with Crippen molar-refractivity contribution in [3.8, 4) is 0 Å². The second-order valence-electron chi connectivity index (χ2n) is 8.07. The van der Waals surface area contributed by atoms with Crippen molar-refractivity contribution in [2.75, 3.05) is 6.54 Å². The number of aromatic nitrogens is 1. The number of thiazole rings is 1. The Bertz CT molecular complexity index is 1140. The van der Waals surface area contributed by atoms with Crippen LogP contribution in [0.3, 0.4) is 0 Å². The zero-order valence-corrected chi connectivity index (χ0v) is 18.6. The van der Waals surface area contributed by atoms with Crippen molar-refractivity contribution in [1.82, 2.24) is 9.88 Å². The van der Waals surface area contributed by atoms with E-state index in [2.05, 4.69) is 5.32 Å². The van der Waals surface area contributed by atoms with Crippen LogP contribution < -0.4 is 20.1 Å². The van der Waals surface area contributed by atoms with Gasteiger partial charge in [-0.3, -0.25) is 19.0 Å². The Morgan fingerprint density at radius 1 is 1.19 bits per heavy atom. The number of Topliss-reactive ketones (excluding diaryl/α,β-unsaturated/α-hetero) is 1. The third-order valence-corrected chi connectivity index (χ3v) is 5.38. The number of ketones is 1. The summed E-state index contributed by atoms with van der Waals surface area (Å²) < 4.78 is 40.6. The maximum atomic E-state index is 13.0. The number of amides is 1. The number of carbonyl (C=O) groups excluding carboxylic acids is 2. The highest BCUT2D eigenvalue weighted by atomic mass is 32.1. The molecule has 5 nitrogen and oxygen atoms in total. The van der Waals surface area contributed by atoms with Crippen molar-refractivity contribution >= 4 is 35.2 Å². The van der Waals surface area contributed by atoms with Crippen molar-refractivity contribution < 1.29 is 22.8 Å². The summed E-state index contributed by atoms with van der Waals surface area (Å²) in [7, 11) is 0. The summed E-state index contributed by atoms with van der Waals surface area (Å²) in [6.45, 7) is 7.23. The lowest BCUT2D eigenvalue weighted by molar-refractivity contribution is -0.137. The monoisotopic (exact) mass is 454 g/mol. The van der Waals surface area contributed by atoms with Crippen LogP contribution in [0.25, 0.3) is 12.2 Å². The van der Waals surface area contributed by atoms with Crippen molar-refractivity contribution in [1.29, 1.82) is 0 Å². The number of nitrogens with one attached hydrogen (secondary N) is 1. The molecule has 1 aromatic heterocycles. The van der Waals surface area contributed by atoms with Gasteiger partial charge in [0, 0.05) is 18.0 Å². The van der Waals surface area contributed by atoms with E-state index in [9.17, 15) is 27.6 Å². The summed E-state index contributed by atoms with van der Waals surface area (Å²) in [5.74, 6) is -0.618. The molecule has 0 aliphatic heterocycles. The number of nitrogens with zero attached hydrogens (tertiary/aromatic N) is 1. The molecule has 9 heteroatoms. The summed E-state index contributed by atoms with van der Waals surface area (Å²) in [5, 5.41) is 2.67. The van der Waals surface area contributed by atoms with Crippen molar-refractivity contribution in [2.45, 2.75) is 46.8 Å². The third kappa shape index (κ3) is 6.65. The van der Waals surface area contributed by atoms with Gasteiger partial charge in [0.2, 0.25) is 5.91 Å². The van der Waals surface area contributed by atoms with Crippen LogP contribution >= 0.6 is 11.3 Å². The fourth-order valence-corrected chi connectivity index (χ4v) is 3.58. The highest BCUT2D eigenvalue weighted by Gasteiger charge is 2.30. The zero-order valence-electron chi connectivity index (χ0n) is 17.8. The normalized spacial score (nSPS) is 13.5. The molecule has 2 rings (SSSR count). The second kappa shape index (κ2) is 9.64. The molecule has 0 aliphatic carbocycles. The topological polar surface area (TPSA) is 68.2 Å². The predicted octanol–water partition coefficient (Wildman–Crippen LogP) is 2.68. The Kier molecular flexibility index (Phi) is 7.64. The fraction of sp³-hybridized carbons (Fsp3) is 0.409. The van der Waals surface area contributed by atoms with Crippen LogP contribution in [0.4, 0.5) is 13.2 Å². The first kappa shape index (κ1) is 24.6. The van der Waals surface area contributed by atoms with Gasteiger partial charge in [0.05, 0.1) is 10.1 Å². The van der Waals surface area contributed by atoms with Crippen LogP contribution in [0.1, 0.15) is 45.2 Å². The van der Waals surface area contributed by atoms with Gasteiger partial charge in [0.25, 0.3) is 5.56 Å². The summed E-state index contributed by atoms with van der Waals surface area (Å²) >= 11 is 0.962. The average Bonchev–Trinajstić information content (AvgIpc) is 2.94. The van der Waals surface area contributed by atoms with E-state index in [4.69, 9.17) is 0 Å². The number of carbonyl (C=O) groups is 2. The summed E-state index contributed by atoms with van der Waals surface area (Å²) in [6.07, 6.45) is -1.14. The Morgan fingerprint density at radius 2 is 1.87 bits per heavy atom. The SMILES string of the molecule is CCCNC(=O)Cn1c(=O)/c(=C/c2cccc(C(F)(F)F)c2)s/c1=C\C(=O)C(C)(C)C. The Labute approximate surface area is 181 Å². The molecule has 0 saturated carbocycles. The number of benzene rings is 1. The summed E-state index contributed by atoms with van der Waals surface area (Å²) in [4.78, 5) is 37.6. The van der Waals surface area contributed by atoms with Gasteiger partial charge < -0.3 is 5.32 Å². The Hall–Kier alpha value is -2.68. The number of hydrogen-bond acceptors (Lipinski definition) is 4. The van der Waals surface area contributed by atoms with Gasteiger partial charge >= 0.3 is 6.18 Å². The van der Waals surface area contributed by atoms with E-state index >= 15 is 0 Å². The summed E-state index contributed by atoms with van der Waals surface area (Å²) in [5.41, 5.74) is -1.86. The van der Waals surface area contributed by atoms with Gasteiger partial charge in [-0.1, -0.05) is 39.8 Å². The smallest absolute Gasteiger partial charge is 0.355 e. The lowest BCUT2D eigenvalue weighted by Crippen LogP contribution is -2.38. The first-order valence-electron chi connectivity index (χ1n) is 9.74. The molecule has 168 valence electrons. The van der Waals surface area contributed by atoms with E-state index in [1.807, 2.05) is 6.92 Å². The predicted molar refractivity (Wildman–Crippen MR) is 115 cm³/mol. The van der Waals surface area contributed by atoms with Gasteiger partial charge in [-0.25, -0.2) is 0 Å². The average molecular weight is 455 g/mol. The van der Waals surface area contributed by atoms with E-state index in [1.165, 1.54) is 28.9 Å². The molecule has 1 heterocycles. The lowest BCUT2D eigenvalue weighted by Gasteiger charge is -2.12. The standard InChI is InChI=1S/C22H25F3N2O3S/c1-5-9-26-18(29)13-27-19(12-17(28)21(2,3)4)31-16(20(27)30)11-14-7-6-8-15(10-14)22(23,24)25/h6-8,10-12H,5,9,13H2,1-4H3,(H,26,29)/b16-11-,19-12-. The molecular formula is C22H25F3N2O3S. The molecule has 2 aromatic rings. The lowest BCUT2D eigenvalue weighted by atomic mass is 9.91. The maximum Gasteiger partial charge on any atom is 0.416 e. The highest BCUT2D eigenvalue weighted by Crippen LogP contribution is 2.29. The van der Waals surface area contributed by atoms with Crippen LogP contribution in [0.15, 0.2) is 29.1 Å². The van der Waals surface area contributed by atoms with Gasteiger partial charge in [-0.05, 0) is 30.2 Å². The minimum Gasteiger partial charge on any atom is -0.355 e. The maximum absolute atomic E-state index is 13.0. The second-order valence-corrected chi connectivity index (χ2v) is 9.13. The van der Waals surface area contributed by atoms with Gasteiger partial charge in [-0.15, -0.1) is 11.3 Å². The molecule has 0 bridgehead atoms. The number of alkyl halides is 3. The molecule has 1 aromatic carbocycles. The van der Waals surface area contributed by atoms with Crippen molar-refractivity contribution in [2.24, 2.45) is 5.41 Å². The van der Waals surface area contributed by atoms with E-state index in [-0.39, 0.29) is 33.0 Å². The van der Waals surface area contributed by atoms with Crippen molar-refractivity contribution in [3.63, 3.8) is 0 Å². The van der Waals surface area contributed by atoms with E-state index in [0.717, 1.165) is 29.9 Å². The van der Waals surface area contributed by atoms with Gasteiger partial charge in [0.15, 0.2) is 5.78 Å². The van der Waals surface area contributed by atoms with E-state index in [1.54, 1.807) is 20.8 Å². The Morgan fingerprint density at radius 3 is 2.45 bits per heavy atom. The van der Waals surface area contributed by atoms with E-state index < -0.39 is 22.7 Å². The number of rotatable bonds is 6. The molecule has 1 amide bonds. The molecule has 0 saturated heterocycles. The minimum absolute atomic E-state index is 0.135. The molecule has 0 unspecified atom stereocenters.